The van der Waals surface area contributed by atoms with Gasteiger partial charge in [0.15, 0.2) is 0 Å². The lowest BCUT2D eigenvalue weighted by Gasteiger charge is -2.06. The second kappa shape index (κ2) is 6.59. The van der Waals surface area contributed by atoms with E-state index in [1.165, 1.54) is 0 Å². The van der Waals surface area contributed by atoms with Gasteiger partial charge in [-0.05, 0) is 11.9 Å². The summed E-state index contributed by atoms with van der Waals surface area (Å²) in [5.74, 6) is 0. The number of benzene rings is 1. The highest BCUT2D eigenvalue weighted by Gasteiger charge is 2.16. The first kappa shape index (κ1) is 11.2. The average molecular weight is 194 g/mol. The molecule has 0 radical (unpaired) electrons. The predicted molar refractivity (Wildman–Crippen MR) is 56.0 cm³/mol. The first-order valence-corrected chi connectivity index (χ1v) is 4.86. The van der Waals surface area contributed by atoms with E-state index in [0.29, 0.717) is 12.1 Å². The monoisotopic (exact) mass is 194 g/mol. The van der Waals surface area contributed by atoms with Gasteiger partial charge in [-0.15, -0.1) is 0 Å². The van der Waals surface area contributed by atoms with Crippen molar-refractivity contribution < 1.29 is 14.7 Å². The molecule has 0 fully saturated rings. The molecule has 0 aromatic heterocycles. The van der Waals surface area contributed by atoms with Gasteiger partial charge in [-0.25, -0.2) is 4.89 Å². The third-order valence-corrected chi connectivity index (χ3v) is 1.83. The second-order valence-electron chi connectivity index (χ2n) is 3.03. The Morgan fingerprint density at radius 2 is 2.00 bits per heavy atom. The van der Waals surface area contributed by atoms with Crippen molar-refractivity contribution in [3.63, 3.8) is 0 Å². The summed E-state index contributed by atoms with van der Waals surface area (Å²) < 4.78 is 0. The van der Waals surface area contributed by atoms with Gasteiger partial charge in [0.05, 0.1) is 6.61 Å². The van der Waals surface area contributed by atoms with E-state index in [-0.39, 0.29) is 0 Å². The topological polar surface area (TPSA) is 38.7 Å². The third-order valence-electron chi connectivity index (χ3n) is 1.83. The highest BCUT2D eigenvalue weighted by atomic mass is 17.2. The van der Waals surface area contributed by atoms with Crippen LogP contribution in [-0.2, 0) is 9.69 Å². The summed E-state index contributed by atoms with van der Waals surface area (Å²) in [6, 6.07) is 9.14. The van der Waals surface area contributed by atoms with Gasteiger partial charge in [-0.1, -0.05) is 43.7 Å². The summed E-state index contributed by atoms with van der Waals surface area (Å²) in [7, 11) is -0.993. The van der Waals surface area contributed by atoms with Gasteiger partial charge in [-0.3, -0.25) is 4.81 Å². The molecule has 0 spiro atoms. The number of unbranched alkanes of at least 4 members (excludes halogenated alkanes) is 1. The van der Waals surface area contributed by atoms with E-state index in [1.54, 1.807) is 12.1 Å². The number of hydrogen-bond donors (Lipinski definition) is 1. The van der Waals surface area contributed by atoms with E-state index < -0.39 is 7.12 Å². The van der Waals surface area contributed by atoms with Crippen molar-refractivity contribution in [1.82, 2.24) is 0 Å². The molecule has 1 N–H and O–H groups in total. The number of hydrogen-bond acceptors (Lipinski definition) is 3. The fraction of sp³-hybridized carbons (Fsp3) is 0.400. The summed E-state index contributed by atoms with van der Waals surface area (Å²) in [5, 5.41) is 9.47. The molecule has 0 saturated carbocycles. The summed E-state index contributed by atoms with van der Waals surface area (Å²) >= 11 is 0. The molecule has 4 heteroatoms. The third kappa shape index (κ3) is 3.92. The highest BCUT2D eigenvalue weighted by molar-refractivity contribution is 6.59. The molecule has 1 rings (SSSR count). The van der Waals surface area contributed by atoms with Gasteiger partial charge in [0.25, 0.3) is 0 Å². The van der Waals surface area contributed by atoms with Crippen molar-refractivity contribution in [2.75, 3.05) is 6.61 Å². The van der Waals surface area contributed by atoms with Crippen molar-refractivity contribution in [2.45, 2.75) is 19.8 Å². The predicted octanol–water partition coefficient (Wildman–Crippen LogP) is 1.12. The molecule has 0 saturated heterocycles. The molecule has 0 aliphatic rings. The smallest absolute Gasteiger partial charge is 0.422 e. The summed E-state index contributed by atoms with van der Waals surface area (Å²) in [4.78, 5) is 9.63. The lowest BCUT2D eigenvalue weighted by Crippen LogP contribution is -2.33. The SMILES string of the molecule is CCCCOOB(O)c1ccccc1. The van der Waals surface area contributed by atoms with E-state index in [2.05, 4.69) is 6.92 Å². The quantitative estimate of drug-likeness (QED) is 0.319. The highest BCUT2D eigenvalue weighted by Crippen LogP contribution is 1.92. The second-order valence-corrected chi connectivity index (χ2v) is 3.03. The lowest BCUT2D eigenvalue weighted by molar-refractivity contribution is -0.221. The molecule has 0 aliphatic heterocycles. The van der Waals surface area contributed by atoms with Gasteiger partial charge in [0.1, 0.15) is 0 Å². The van der Waals surface area contributed by atoms with Crippen LogP contribution in [0.1, 0.15) is 19.8 Å². The standard InChI is InChI=1S/C10H15BO3/c1-2-3-9-13-14-11(12)10-7-5-4-6-8-10/h4-8,12H,2-3,9H2,1H3. The molecule has 0 atom stereocenters. The Hall–Kier alpha value is -0.835. The Kier molecular flexibility index (Phi) is 5.29. The molecule has 0 amide bonds. The Bertz CT molecular complexity index is 240. The van der Waals surface area contributed by atoms with Crippen LogP contribution in [-0.4, -0.2) is 18.7 Å². The summed E-state index contributed by atoms with van der Waals surface area (Å²) in [5.41, 5.74) is 0.698. The van der Waals surface area contributed by atoms with E-state index >= 15 is 0 Å². The van der Waals surface area contributed by atoms with Crippen LogP contribution >= 0.6 is 0 Å². The molecule has 0 aliphatic carbocycles. The van der Waals surface area contributed by atoms with E-state index in [1.807, 2.05) is 18.2 Å². The van der Waals surface area contributed by atoms with Crippen molar-refractivity contribution in [1.29, 1.82) is 0 Å². The zero-order valence-corrected chi connectivity index (χ0v) is 8.35. The minimum atomic E-state index is -0.993. The van der Waals surface area contributed by atoms with E-state index in [4.69, 9.17) is 9.69 Å². The molecule has 1 aromatic carbocycles. The molecule has 0 unspecified atom stereocenters. The largest absolute Gasteiger partial charge is 0.523 e. The average Bonchev–Trinajstić information content (AvgIpc) is 2.25. The zero-order chi connectivity index (χ0) is 10.2. The van der Waals surface area contributed by atoms with Crippen molar-refractivity contribution in [3.05, 3.63) is 30.3 Å². The molecular weight excluding hydrogens is 179 g/mol. The van der Waals surface area contributed by atoms with Crippen LogP contribution in [0.2, 0.25) is 0 Å². The van der Waals surface area contributed by atoms with Gasteiger partial charge in [0.2, 0.25) is 0 Å². The molecule has 0 heterocycles. The maximum absolute atomic E-state index is 9.47. The fourth-order valence-corrected chi connectivity index (χ4v) is 0.989. The zero-order valence-electron chi connectivity index (χ0n) is 8.35. The Morgan fingerprint density at radius 1 is 1.29 bits per heavy atom. The first-order chi connectivity index (χ1) is 6.84. The van der Waals surface area contributed by atoms with Crippen LogP contribution < -0.4 is 5.46 Å². The van der Waals surface area contributed by atoms with E-state index in [9.17, 15) is 5.02 Å². The van der Waals surface area contributed by atoms with Crippen LogP contribution in [0.25, 0.3) is 0 Å². The van der Waals surface area contributed by atoms with Crippen LogP contribution in [0, 0.1) is 0 Å². The van der Waals surface area contributed by atoms with Crippen molar-refractivity contribution >= 4 is 12.6 Å². The fourth-order valence-electron chi connectivity index (χ4n) is 0.989. The van der Waals surface area contributed by atoms with Crippen molar-refractivity contribution in [2.24, 2.45) is 0 Å². The summed E-state index contributed by atoms with van der Waals surface area (Å²) in [6.45, 7) is 2.58. The minimum absolute atomic E-state index is 0.514. The minimum Gasteiger partial charge on any atom is -0.422 e. The Balaban J connectivity index is 2.25. The molecule has 0 bridgehead atoms. The summed E-state index contributed by atoms with van der Waals surface area (Å²) in [6.07, 6.45) is 1.98. The molecular formula is C10H15BO3. The molecule has 1 aromatic rings. The van der Waals surface area contributed by atoms with Gasteiger partial charge in [-0.2, -0.15) is 0 Å². The van der Waals surface area contributed by atoms with E-state index in [0.717, 1.165) is 12.8 Å². The maximum atomic E-state index is 9.47. The van der Waals surface area contributed by atoms with Gasteiger partial charge >= 0.3 is 7.12 Å². The van der Waals surface area contributed by atoms with Gasteiger partial charge < -0.3 is 5.02 Å². The molecule has 3 nitrogen and oxygen atoms in total. The van der Waals surface area contributed by atoms with Crippen molar-refractivity contribution in [3.8, 4) is 0 Å². The Morgan fingerprint density at radius 3 is 2.64 bits per heavy atom. The van der Waals surface area contributed by atoms with Crippen LogP contribution in [0.3, 0.4) is 0 Å². The maximum Gasteiger partial charge on any atom is 0.523 e. The Labute approximate surface area is 84.7 Å². The number of rotatable bonds is 6. The lowest BCUT2D eigenvalue weighted by atomic mass is 9.80. The van der Waals surface area contributed by atoms with Crippen LogP contribution in [0.4, 0.5) is 0 Å². The normalized spacial score (nSPS) is 10.1. The van der Waals surface area contributed by atoms with Crippen LogP contribution in [0.15, 0.2) is 30.3 Å². The van der Waals surface area contributed by atoms with Crippen LogP contribution in [0.5, 0.6) is 0 Å². The molecule has 14 heavy (non-hydrogen) atoms. The first-order valence-electron chi connectivity index (χ1n) is 4.86. The van der Waals surface area contributed by atoms with Gasteiger partial charge in [0, 0.05) is 0 Å². The molecule has 76 valence electrons.